The van der Waals surface area contributed by atoms with Crippen molar-refractivity contribution >= 4 is 46.7 Å². The van der Waals surface area contributed by atoms with Gasteiger partial charge < -0.3 is 4.74 Å². The van der Waals surface area contributed by atoms with E-state index in [-0.39, 0.29) is 0 Å². The van der Waals surface area contributed by atoms with Crippen LogP contribution in [0, 0.1) is 6.92 Å². The van der Waals surface area contributed by atoms with Crippen LogP contribution in [0.4, 0.5) is 5.69 Å². The van der Waals surface area contributed by atoms with Crippen molar-refractivity contribution < 1.29 is 4.74 Å². The summed E-state index contributed by atoms with van der Waals surface area (Å²) in [5, 5.41) is 6.13. The molecule has 0 aliphatic carbocycles. The van der Waals surface area contributed by atoms with Crippen molar-refractivity contribution in [1.29, 1.82) is 0 Å². The smallest absolute Gasteiger partial charge is 0.120 e. The summed E-state index contributed by atoms with van der Waals surface area (Å²) in [6.45, 7) is 2.31. The van der Waals surface area contributed by atoms with Gasteiger partial charge in [0.05, 0.1) is 11.9 Å². The number of nitrogens with zero attached hydrogens (tertiary/aromatic N) is 1. The van der Waals surface area contributed by atoms with E-state index < -0.39 is 0 Å². The van der Waals surface area contributed by atoms with E-state index in [1.807, 2.05) is 55.5 Å². The highest BCUT2D eigenvalue weighted by Gasteiger charge is 2.03. The molecule has 0 fully saturated rings. The highest BCUT2D eigenvalue weighted by molar-refractivity contribution is 6.35. The second kappa shape index (κ2) is 9.14. The Balaban J connectivity index is 1.61. The van der Waals surface area contributed by atoms with Crippen LogP contribution < -0.4 is 10.2 Å². The lowest BCUT2D eigenvalue weighted by molar-refractivity contribution is 0.306. The molecule has 138 valence electrons. The molecule has 0 spiro atoms. The van der Waals surface area contributed by atoms with Gasteiger partial charge in [0.25, 0.3) is 0 Å². The normalized spacial score (nSPS) is 11.0. The minimum atomic E-state index is 0.358. The predicted octanol–water partition coefficient (Wildman–Crippen LogP) is 6.98. The zero-order valence-electron chi connectivity index (χ0n) is 14.5. The van der Waals surface area contributed by atoms with Gasteiger partial charge in [0.2, 0.25) is 0 Å². The molecule has 0 amide bonds. The second-order valence-corrected chi connectivity index (χ2v) is 7.18. The highest BCUT2D eigenvalue weighted by atomic mass is 35.5. The van der Waals surface area contributed by atoms with Crippen molar-refractivity contribution in [2.45, 2.75) is 13.5 Å². The van der Waals surface area contributed by atoms with Crippen molar-refractivity contribution in [3.63, 3.8) is 0 Å². The summed E-state index contributed by atoms with van der Waals surface area (Å²) >= 11 is 18.2. The molecule has 0 saturated heterocycles. The van der Waals surface area contributed by atoms with Crippen LogP contribution in [0.15, 0.2) is 65.8 Å². The zero-order chi connectivity index (χ0) is 19.2. The second-order valence-electron chi connectivity index (χ2n) is 5.93. The molecule has 3 aromatic rings. The summed E-state index contributed by atoms with van der Waals surface area (Å²) in [6.07, 6.45) is 1.72. The van der Waals surface area contributed by atoms with E-state index in [2.05, 4.69) is 10.5 Å². The summed E-state index contributed by atoms with van der Waals surface area (Å²) in [6, 6.07) is 18.7. The van der Waals surface area contributed by atoms with E-state index in [1.54, 1.807) is 18.3 Å². The molecule has 0 radical (unpaired) electrons. The van der Waals surface area contributed by atoms with Gasteiger partial charge in [0.1, 0.15) is 12.4 Å². The van der Waals surface area contributed by atoms with Gasteiger partial charge in [0, 0.05) is 20.6 Å². The van der Waals surface area contributed by atoms with Crippen LogP contribution in [-0.4, -0.2) is 6.21 Å². The third kappa shape index (κ3) is 5.64. The van der Waals surface area contributed by atoms with Crippen LogP contribution in [-0.2, 0) is 6.61 Å². The molecular formula is C21H17Cl3N2O. The molecule has 0 saturated carbocycles. The maximum absolute atomic E-state index is 6.17. The van der Waals surface area contributed by atoms with Crippen LogP contribution >= 0.6 is 34.8 Å². The molecule has 0 aliphatic rings. The van der Waals surface area contributed by atoms with E-state index in [0.717, 1.165) is 28.1 Å². The molecule has 3 rings (SSSR count). The van der Waals surface area contributed by atoms with Gasteiger partial charge >= 0.3 is 0 Å². The Labute approximate surface area is 173 Å². The first-order valence-electron chi connectivity index (χ1n) is 8.23. The Kier molecular flexibility index (Phi) is 6.62. The molecule has 27 heavy (non-hydrogen) atoms. The lowest BCUT2D eigenvalue weighted by atomic mass is 10.2. The van der Waals surface area contributed by atoms with E-state index >= 15 is 0 Å². The third-order valence-electron chi connectivity index (χ3n) is 3.85. The van der Waals surface area contributed by atoms with E-state index in [9.17, 15) is 0 Å². The SMILES string of the molecule is Cc1ccc(NN=Cc2cccc(OCc3ccc(Cl)cc3Cl)c2)cc1Cl. The number of hydrogen-bond donors (Lipinski definition) is 1. The molecule has 0 aromatic heterocycles. The number of benzene rings is 3. The van der Waals surface area contributed by atoms with Gasteiger partial charge in [-0.25, -0.2) is 0 Å². The Morgan fingerprint density at radius 1 is 0.963 bits per heavy atom. The van der Waals surface area contributed by atoms with Crippen molar-refractivity contribution in [1.82, 2.24) is 0 Å². The topological polar surface area (TPSA) is 33.6 Å². The molecule has 0 unspecified atom stereocenters. The molecule has 6 heteroatoms. The van der Waals surface area contributed by atoms with Crippen LogP contribution in [0.5, 0.6) is 5.75 Å². The van der Waals surface area contributed by atoms with Gasteiger partial charge in [-0.15, -0.1) is 0 Å². The first-order chi connectivity index (χ1) is 13.0. The van der Waals surface area contributed by atoms with Crippen LogP contribution in [0.2, 0.25) is 15.1 Å². The molecule has 0 atom stereocenters. The fourth-order valence-electron chi connectivity index (χ4n) is 2.33. The number of hydrazone groups is 1. The van der Waals surface area contributed by atoms with Gasteiger partial charge in [-0.1, -0.05) is 59.1 Å². The van der Waals surface area contributed by atoms with Crippen LogP contribution in [0.3, 0.4) is 0 Å². The number of anilines is 1. The number of rotatable bonds is 6. The monoisotopic (exact) mass is 418 g/mol. The summed E-state index contributed by atoms with van der Waals surface area (Å²) in [5.41, 5.74) is 6.59. The predicted molar refractivity (Wildman–Crippen MR) is 115 cm³/mol. The molecule has 0 bridgehead atoms. The number of halogens is 3. The fraction of sp³-hybridized carbons (Fsp3) is 0.0952. The Bertz CT molecular complexity index is 973. The summed E-state index contributed by atoms with van der Waals surface area (Å²) in [5.74, 6) is 0.725. The average Bonchev–Trinajstić information content (AvgIpc) is 2.64. The Morgan fingerprint density at radius 3 is 2.59 bits per heavy atom. The van der Waals surface area contributed by atoms with Gasteiger partial charge in [-0.3, -0.25) is 5.43 Å². The summed E-state index contributed by atoms with van der Waals surface area (Å²) < 4.78 is 5.82. The number of aryl methyl sites for hydroxylation is 1. The quantitative estimate of drug-likeness (QED) is 0.345. The minimum absolute atomic E-state index is 0.358. The van der Waals surface area contributed by atoms with E-state index in [4.69, 9.17) is 39.5 Å². The molecule has 0 aliphatic heterocycles. The minimum Gasteiger partial charge on any atom is -0.489 e. The first-order valence-corrected chi connectivity index (χ1v) is 9.37. The molecule has 3 nitrogen and oxygen atoms in total. The van der Waals surface area contributed by atoms with E-state index in [0.29, 0.717) is 21.7 Å². The molecule has 1 N–H and O–H groups in total. The van der Waals surface area contributed by atoms with Crippen molar-refractivity contribution in [3.8, 4) is 5.75 Å². The molecule has 3 aromatic carbocycles. The maximum atomic E-state index is 6.17. The number of hydrogen-bond acceptors (Lipinski definition) is 3. The largest absolute Gasteiger partial charge is 0.489 e. The zero-order valence-corrected chi connectivity index (χ0v) is 16.8. The number of nitrogens with one attached hydrogen (secondary N) is 1. The van der Waals surface area contributed by atoms with Gasteiger partial charge in [-0.2, -0.15) is 5.10 Å². The Hall–Kier alpha value is -2.20. The highest BCUT2D eigenvalue weighted by Crippen LogP contribution is 2.23. The molecular weight excluding hydrogens is 403 g/mol. The lowest BCUT2D eigenvalue weighted by Crippen LogP contribution is -1.97. The maximum Gasteiger partial charge on any atom is 0.120 e. The average molecular weight is 420 g/mol. The summed E-state index contributed by atoms with van der Waals surface area (Å²) in [7, 11) is 0. The van der Waals surface area contributed by atoms with E-state index in [1.165, 1.54) is 0 Å². The van der Waals surface area contributed by atoms with Gasteiger partial charge in [0.15, 0.2) is 0 Å². The van der Waals surface area contributed by atoms with Gasteiger partial charge in [-0.05, 0) is 54.4 Å². The standard InChI is InChI=1S/C21H17Cl3N2O/c1-14-5-8-18(11-20(14)23)26-25-12-15-3-2-4-19(9-15)27-13-16-6-7-17(22)10-21(16)24/h2-12,26H,13H2,1H3. The first kappa shape index (κ1) is 19.6. The van der Waals surface area contributed by atoms with Crippen LogP contribution in [0.1, 0.15) is 16.7 Å². The number of ether oxygens (including phenoxy) is 1. The van der Waals surface area contributed by atoms with Crippen molar-refractivity contribution in [2.75, 3.05) is 5.43 Å². The molecule has 0 heterocycles. The van der Waals surface area contributed by atoms with Crippen molar-refractivity contribution in [2.24, 2.45) is 5.10 Å². The third-order valence-corrected chi connectivity index (χ3v) is 4.84. The van der Waals surface area contributed by atoms with Crippen molar-refractivity contribution in [3.05, 3.63) is 92.4 Å². The lowest BCUT2D eigenvalue weighted by Gasteiger charge is -2.08. The fourth-order valence-corrected chi connectivity index (χ4v) is 2.97. The Morgan fingerprint density at radius 2 is 1.81 bits per heavy atom. The summed E-state index contributed by atoms with van der Waals surface area (Å²) in [4.78, 5) is 0. The van der Waals surface area contributed by atoms with Crippen LogP contribution in [0.25, 0.3) is 0 Å².